The molecule has 1 N–H and O–H groups in total. The average molecular weight is 397 g/mol. The minimum atomic E-state index is -0.257. The number of aryl methyl sites for hydroxylation is 3. The standard InChI is InChI=1S/C22H24N2O3S/c1-14-5-7-17(16(3)11-14)22-24-19(13-28-22)21(25)23-18-8-6-15(2)12-20(18)27-10-9-26-4/h5-8,11-13H,9-10H2,1-4H3,(H,23,25). The van der Waals surface area contributed by atoms with E-state index in [-0.39, 0.29) is 5.91 Å². The molecule has 0 fully saturated rings. The van der Waals surface area contributed by atoms with Gasteiger partial charge in [0, 0.05) is 18.1 Å². The molecule has 0 aliphatic heterocycles. The third-order valence-corrected chi connectivity index (χ3v) is 5.16. The molecule has 0 saturated carbocycles. The molecule has 0 aliphatic rings. The average Bonchev–Trinajstić information content (AvgIpc) is 3.14. The van der Waals surface area contributed by atoms with E-state index in [1.165, 1.54) is 16.9 Å². The van der Waals surface area contributed by atoms with Crippen molar-refractivity contribution in [3.8, 4) is 16.3 Å². The Hall–Kier alpha value is -2.70. The Labute approximate surface area is 169 Å². The van der Waals surface area contributed by atoms with E-state index in [2.05, 4.69) is 36.3 Å². The number of aromatic nitrogens is 1. The molecule has 6 heteroatoms. The Bertz CT molecular complexity index is 982. The molecule has 3 rings (SSSR count). The lowest BCUT2D eigenvalue weighted by Crippen LogP contribution is -2.14. The van der Waals surface area contributed by atoms with Crippen molar-refractivity contribution >= 4 is 22.9 Å². The zero-order valence-corrected chi connectivity index (χ0v) is 17.4. The van der Waals surface area contributed by atoms with E-state index in [4.69, 9.17) is 9.47 Å². The summed E-state index contributed by atoms with van der Waals surface area (Å²) in [7, 11) is 1.62. The van der Waals surface area contributed by atoms with Crippen molar-refractivity contribution in [1.82, 2.24) is 4.98 Å². The molecule has 1 amide bonds. The number of hydrogen-bond acceptors (Lipinski definition) is 5. The number of ether oxygens (including phenoxy) is 2. The number of methoxy groups -OCH3 is 1. The highest BCUT2D eigenvalue weighted by Gasteiger charge is 2.15. The molecule has 1 heterocycles. The number of amides is 1. The first-order chi connectivity index (χ1) is 13.5. The first-order valence-electron chi connectivity index (χ1n) is 9.05. The van der Waals surface area contributed by atoms with Gasteiger partial charge < -0.3 is 14.8 Å². The van der Waals surface area contributed by atoms with E-state index in [1.807, 2.05) is 31.2 Å². The van der Waals surface area contributed by atoms with Crippen molar-refractivity contribution in [1.29, 1.82) is 0 Å². The van der Waals surface area contributed by atoms with Crippen LogP contribution in [0, 0.1) is 20.8 Å². The summed E-state index contributed by atoms with van der Waals surface area (Å²) < 4.78 is 10.8. The lowest BCUT2D eigenvalue weighted by Gasteiger charge is -2.12. The summed E-state index contributed by atoms with van der Waals surface area (Å²) in [6.07, 6.45) is 0. The molecule has 28 heavy (non-hydrogen) atoms. The van der Waals surface area contributed by atoms with E-state index in [0.29, 0.717) is 30.3 Å². The lowest BCUT2D eigenvalue weighted by atomic mass is 10.1. The van der Waals surface area contributed by atoms with Gasteiger partial charge >= 0.3 is 0 Å². The third-order valence-electron chi connectivity index (χ3n) is 4.28. The number of benzene rings is 2. The Balaban J connectivity index is 1.78. The summed E-state index contributed by atoms with van der Waals surface area (Å²) in [4.78, 5) is 17.3. The highest BCUT2D eigenvalue weighted by molar-refractivity contribution is 7.13. The molecule has 0 spiro atoms. The molecule has 0 bridgehead atoms. The van der Waals surface area contributed by atoms with Crippen LogP contribution in [0.1, 0.15) is 27.2 Å². The van der Waals surface area contributed by atoms with Crippen LogP contribution in [0.2, 0.25) is 0 Å². The highest BCUT2D eigenvalue weighted by Crippen LogP contribution is 2.29. The van der Waals surface area contributed by atoms with E-state index < -0.39 is 0 Å². The second kappa shape index (κ2) is 8.99. The van der Waals surface area contributed by atoms with Crippen molar-refractivity contribution in [3.63, 3.8) is 0 Å². The maximum atomic E-state index is 12.7. The summed E-state index contributed by atoms with van der Waals surface area (Å²) in [6.45, 7) is 6.99. The summed E-state index contributed by atoms with van der Waals surface area (Å²) in [5, 5.41) is 5.53. The lowest BCUT2D eigenvalue weighted by molar-refractivity contribution is 0.102. The number of nitrogens with zero attached hydrogens (tertiary/aromatic N) is 1. The van der Waals surface area contributed by atoms with Gasteiger partial charge in [-0.05, 0) is 44.0 Å². The van der Waals surface area contributed by atoms with Crippen LogP contribution in [0.3, 0.4) is 0 Å². The second-order valence-electron chi connectivity index (χ2n) is 6.65. The number of nitrogens with one attached hydrogen (secondary N) is 1. The van der Waals surface area contributed by atoms with E-state index in [0.717, 1.165) is 21.7 Å². The van der Waals surface area contributed by atoms with Crippen LogP contribution in [0.25, 0.3) is 10.6 Å². The van der Waals surface area contributed by atoms with Gasteiger partial charge in [0.2, 0.25) is 0 Å². The Morgan fingerprint density at radius 1 is 1.07 bits per heavy atom. The van der Waals surface area contributed by atoms with E-state index in [9.17, 15) is 4.79 Å². The smallest absolute Gasteiger partial charge is 0.275 e. The van der Waals surface area contributed by atoms with Crippen molar-refractivity contribution in [3.05, 3.63) is 64.2 Å². The van der Waals surface area contributed by atoms with Gasteiger partial charge in [0.05, 0.1) is 12.3 Å². The van der Waals surface area contributed by atoms with Crippen LogP contribution in [0.4, 0.5) is 5.69 Å². The zero-order chi connectivity index (χ0) is 20.1. The van der Waals surface area contributed by atoms with Gasteiger partial charge in [0.15, 0.2) is 0 Å². The molecule has 0 radical (unpaired) electrons. The Morgan fingerprint density at radius 3 is 2.57 bits per heavy atom. The molecule has 0 aliphatic carbocycles. The molecular weight excluding hydrogens is 372 g/mol. The third kappa shape index (κ3) is 4.77. The second-order valence-corrected chi connectivity index (χ2v) is 7.51. The van der Waals surface area contributed by atoms with Crippen molar-refractivity contribution < 1.29 is 14.3 Å². The molecule has 0 atom stereocenters. The largest absolute Gasteiger partial charge is 0.489 e. The van der Waals surface area contributed by atoms with Crippen LogP contribution in [-0.4, -0.2) is 31.2 Å². The number of carbonyl (C=O) groups is 1. The molecule has 2 aromatic carbocycles. The maximum Gasteiger partial charge on any atom is 0.275 e. The molecule has 146 valence electrons. The monoisotopic (exact) mass is 396 g/mol. The molecule has 1 aromatic heterocycles. The topological polar surface area (TPSA) is 60.5 Å². The van der Waals surface area contributed by atoms with Crippen LogP contribution in [-0.2, 0) is 4.74 Å². The summed E-state index contributed by atoms with van der Waals surface area (Å²) >= 11 is 1.47. The van der Waals surface area contributed by atoms with Crippen molar-refractivity contribution in [2.45, 2.75) is 20.8 Å². The molecule has 3 aromatic rings. The van der Waals surface area contributed by atoms with Crippen molar-refractivity contribution in [2.75, 3.05) is 25.6 Å². The predicted octanol–water partition coefficient (Wildman–Crippen LogP) is 5.01. The molecule has 0 saturated heterocycles. The first-order valence-corrected chi connectivity index (χ1v) is 9.93. The van der Waals surface area contributed by atoms with Gasteiger partial charge in [0.25, 0.3) is 5.91 Å². The van der Waals surface area contributed by atoms with Gasteiger partial charge in [-0.1, -0.05) is 29.8 Å². The molecule has 5 nitrogen and oxygen atoms in total. The van der Waals surface area contributed by atoms with Crippen LogP contribution in [0.15, 0.2) is 41.8 Å². The number of anilines is 1. The van der Waals surface area contributed by atoms with Crippen LogP contribution in [0.5, 0.6) is 5.75 Å². The fraction of sp³-hybridized carbons (Fsp3) is 0.273. The SMILES string of the molecule is COCCOc1cc(C)ccc1NC(=O)c1csc(-c2ccc(C)cc2C)n1. The quantitative estimate of drug-likeness (QED) is 0.570. The van der Waals surface area contributed by atoms with Gasteiger partial charge in [-0.25, -0.2) is 4.98 Å². The number of rotatable bonds is 7. The molecule has 0 unspecified atom stereocenters. The highest BCUT2D eigenvalue weighted by atomic mass is 32.1. The van der Waals surface area contributed by atoms with Crippen LogP contribution < -0.4 is 10.1 Å². The number of hydrogen-bond donors (Lipinski definition) is 1. The van der Waals surface area contributed by atoms with Gasteiger partial charge in [0.1, 0.15) is 23.1 Å². The van der Waals surface area contributed by atoms with E-state index >= 15 is 0 Å². The van der Waals surface area contributed by atoms with Crippen LogP contribution >= 0.6 is 11.3 Å². The van der Waals surface area contributed by atoms with Gasteiger partial charge in [-0.15, -0.1) is 11.3 Å². The minimum Gasteiger partial charge on any atom is -0.489 e. The summed E-state index contributed by atoms with van der Waals surface area (Å²) in [5.41, 5.74) is 5.46. The Kier molecular flexibility index (Phi) is 6.44. The predicted molar refractivity (Wildman–Crippen MR) is 114 cm³/mol. The Morgan fingerprint density at radius 2 is 1.82 bits per heavy atom. The fourth-order valence-electron chi connectivity index (χ4n) is 2.83. The van der Waals surface area contributed by atoms with Crippen molar-refractivity contribution in [2.24, 2.45) is 0 Å². The number of thiazole rings is 1. The zero-order valence-electron chi connectivity index (χ0n) is 16.5. The minimum absolute atomic E-state index is 0.257. The maximum absolute atomic E-state index is 12.7. The summed E-state index contributed by atoms with van der Waals surface area (Å²) in [5.74, 6) is 0.364. The summed E-state index contributed by atoms with van der Waals surface area (Å²) in [6, 6.07) is 11.9. The normalized spacial score (nSPS) is 10.7. The van der Waals surface area contributed by atoms with Gasteiger partial charge in [-0.3, -0.25) is 4.79 Å². The number of carbonyl (C=O) groups excluding carboxylic acids is 1. The molecular formula is C22H24N2O3S. The van der Waals surface area contributed by atoms with Gasteiger partial charge in [-0.2, -0.15) is 0 Å². The first kappa shape index (κ1) is 20.0. The fourth-order valence-corrected chi connectivity index (χ4v) is 3.72. The van der Waals surface area contributed by atoms with E-state index in [1.54, 1.807) is 12.5 Å².